The average Bonchev–Trinajstić information content (AvgIpc) is 2.72. The molecule has 0 bridgehead atoms. The summed E-state index contributed by atoms with van der Waals surface area (Å²) in [5, 5.41) is 3.19. The molecular weight excluding hydrogens is 403 g/mol. The Morgan fingerprint density at radius 3 is 2.53 bits per heavy atom. The summed E-state index contributed by atoms with van der Waals surface area (Å²) < 4.78 is 13.9. The molecule has 1 saturated carbocycles. The van der Waals surface area contributed by atoms with Gasteiger partial charge in [-0.3, -0.25) is 9.59 Å². The van der Waals surface area contributed by atoms with E-state index in [0.717, 1.165) is 42.4 Å². The molecule has 32 heavy (non-hydrogen) atoms. The zero-order chi connectivity index (χ0) is 22.7. The van der Waals surface area contributed by atoms with Crippen LogP contribution in [0.25, 0.3) is 11.1 Å². The number of carbonyl (C=O) groups is 1. The number of amides is 1. The lowest BCUT2D eigenvalue weighted by atomic mass is 9.77. The first-order valence-corrected chi connectivity index (χ1v) is 11.4. The fraction of sp³-hybridized carbons (Fsp3) is 0.333. The first kappa shape index (κ1) is 22.0. The van der Waals surface area contributed by atoms with E-state index >= 15 is 0 Å². The summed E-state index contributed by atoms with van der Waals surface area (Å²) >= 11 is 0. The number of carbonyl (C=O) groups excluding carboxylic acids is 1. The van der Waals surface area contributed by atoms with Gasteiger partial charge in [0.15, 0.2) is 0 Å². The SMILES string of the molecule is CCCc1c(C(=O)N[C@H](c2cccc(F)c2)C2CCC2)c(C)[nH]c(=O)c1-c1ccccc1. The van der Waals surface area contributed by atoms with Crippen molar-refractivity contribution in [3.8, 4) is 11.1 Å². The summed E-state index contributed by atoms with van der Waals surface area (Å²) in [4.78, 5) is 29.5. The maximum absolute atomic E-state index is 13.9. The van der Waals surface area contributed by atoms with Crippen LogP contribution in [-0.4, -0.2) is 10.9 Å². The molecule has 4 nitrogen and oxygen atoms in total. The minimum Gasteiger partial charge on any atom is -0.345 e. The van der Waals surface area contributed by atoms with Crippen LogP contribution < -0.4 is 10.9 Å². The Kier molecular flexibility index (Phi) is 6.54. The molecule has 0 unspecified atom stereocenters. The van der Waals surface area contributed by atoms with E-state index in [0.29, 0.717) is 23.2 Å². The van der Waals surface area contributed by atoms with Crippen molar-refractivity contribution in [3.05, 3.63) is 93.2 Å². The Bertz CT molecular complexity index is 1170. The van der Waals surface area contributed by atoms with Crippen LogP contribution in [0.3, 0.4) is 0 Å². The molecule has 0 aliphatic heterocycles. The van der Waals surface area contributed by atoms with Crippen LogP contribution in [0.2, 0.25) is 0 Å². The third-order valence-electron chi connectivity index (χ3n) is 6.41. The van der Waals surface area contributed by atoms with Crippen molar-refractivity contribution in [1.29, 1.82) is 0 Å². The van der Waals surface area contributed by atoms with Crippen molar-refractivity contribution < 1.29 is 9.18 Å². The molecule has 1 atom stereocenters. The molecule has 0 saturated heterocycles. The molecule has 2 aromatic carbocycles. The van der Waals surface area contributed by atoms with Crippen LogP contribution in [0.1, 0.15) is 65.8 Å². The molecule has 2 N–H and O–H groups in total. The van der Waals surface area contributed by atoms with Crippen molar-refractivity contribution in [1.82, 2.24) is 10.3 Å². The zero-order valence-electron chi connectivity index (χ0n) is 18.6. The first-order chi connectivity index (χ1) is 15.5. The highest BCUT2D eigenvalue weighted by Gasteiger charge is 2.31. The topological polar surface area (TPSA) is 62.0 Å². The molecule has 1 aromatic heterocycles. The second-order valence-corrected chi connectivity index (χ2v) is 8.62. The van der Waals surface area contributed by atoms with Crippen LogP contribution in [0.15, 0.2) is 59.4 Å². The van der Waals surface area contributed by atoms with E-state index in [1.54, 1.807) is 13.0 Å². The number of benzene rings is 2. The molecule has 1 aliphatic carbocycles. The standard InChI is InChI=1S/C27H29FN2O2/c1-3-9-22-23(17(2)29-27(32)24(22)18-10-5-4-6-11-18)26(31)30-25(19-12-7-13-19)20-14-8-15-21(28)16-20/h4-6,8,10-11,14-16,19,25H,3,7,9,12-13H2,1-2H3,(H,29,32)(H,30,31)/t25-/m0/s1. The third kappa shape index (κ3) is 4.38. The smallest absolute Gasteiger partial charge is 0.256 e. The van der Waals surface area contributed by atoms with Gasteiger partial charge in [-0.2, -0.15) is 0 Å². The maximum Gasteiger partial charge on any atom is 0.256 e. The van der Waals surface area contributed by atoms with Crippen molar-refractivity contribution in [2.75, 3.05) is 0 Å². The van der Waals surface area contributed by atoms with Crippen molar-refractivity contribution in [3.63, 3.8) is 0 Å². The number of aryl methyl sites for hydroxylation is 1. The molecule has 1 fully saturated rings. The summed E-state index contributed by atoms with van der Waals surface area (Å²) in [7, 11) is 0. The Hall–Kier alpha value is -3.21. The predicted octanol–water partition coefficient (Wildman–Crippen LogP) is 5.71. The second kappa shape index (κ2) is 9.51. The highest BCUT2D eigenvalue weighted by Crippen LogP contribution is 2.38. The highest BCUT2D eigenvalue weighted by molar-refractivity contribution is 5.98. The lowest BCUT2D eigenvalue weighted by molar-refractivity contribution is 0.0898. The molecule has 5 heteroatoms. The maximum atomic E-state index is 13.9. The summed E-state index contributed by atoms with van der Waals surface area (Å²) in [6.07, 6.45) is 4.54. The fourth-order valence-electron chi connectivity index (χ4n) is 4.66. The van der Waals surface area contributed by atoms with Crippen LogP contribution in [0, 0.1) is 18.7 Å². The van der Waals surface area contributed by atoms with Gasteiger partial charge in [0, 0.05) is 5.69 Å². The summed E-state index contributed by atoms with van der Waals surface area (Å²) in [6.45, 7) is 3.81. The van der Waals surface area contributed by atoms with E-state index in [4.69, 9.17) is 0 Å². The van der Waals surface area contributed by atoms with E-state index in [9.17, 15) is 14.0 Å². The molecular formula is C27H29FN2O2. The van der Waals surface area contributed by atoms with Crippen molar-refractivity contribution in [2.24, 2.45) is 5.92 Å². The average molecular weight is 433 g/mol. The number of hydrogen-bond acceptors (Lipinski definition) is 2. The number of rotatable bonds is 7. The van der Waals surface area contributed by atoms with Crippen LogP contribution in [-0.2, 0) is 6.42 Å². The van der Waals surface area contributed by atoms with E-state index < -0.39 is 0 Å². The molecule has 3 aromatic rings. The number of aromatic nitrogens is 1. The lowest BCUT2D eigenvalue weighted by Gasteiger charge is -2.35. The molecule has 166 valence electrons. The van der Waals surface area contributed by atoms with Gasteiger partial charge in [-0.1, -0.05) is 62.2 Å². The zero-order valence-corrected chi connectivity index (χ0v) is 18.6. The van der Waals surface area contributed by atoms with E-state index in [1.165, 1.54) is 12.1 Å². The van der Waals surface area contributed by atoms with Gasteiger partial charge < -0.3 is 10.3 Å². The molecule has 4 rings (SSSR count). The van der Waals surface area contributed by atoms with E-state index in [1.807, 2.05) is 43.3 Å². The van der Waals surface area contributed by atoms with Crippen LogP contribution in [0.5, 0.6) is 0 Å². The Balaban J connectivity index is 1.78. The Morgan fingerprint density at radius 2 is 1.91 bits per heavy atom. The number of halogens is 1. The molecule has 0 radical (unpaired) electrons. The molecule has 1 heterocycles. The summed E-state index contributed by atoms with van der Waals surface area (Å²) in [5.41, 5.74) is 3.79. The molecule has 1 amide bonds. The predicted molar refractivity (Wildman–Crippen MR) is 125 cm³/mol. The number of hydrogen-bond donors (Lipinski definition) is 2. The van der Waals surface area contributed by atoms with Crippen molar-refractivity contribution >= 4 is 5.91 Å². The number of nitrogens with one attached hydrogen (secondary N) is 2. The molecule has 0 spiro atoms. The van der Waals surface area contributed by atoms with Crippen LogP contribution in [0.4, 0.5) is 4.39 Å². The van der Waals surface area contributed by atoms with Gasteiger partial charge in [0.1, 0.15) is 5.82 Å². The largest absolute Gasteiger partial charge is 0.345 e. The fourth-order valence-corrected chi connectivity index (χ4v) is 4.66. The lowest BCUT2D eigenvalue weighted by Crippen LogP contribution is -2.37. The van der Waals surface area contributed by atoms with E-state index in [-0.39, 0.29) is 29.2 Å². The number of pyridine rings is 1. The van der Waals surface area contributed by atoms with Gasteiger partial charge in [-0.15, -0.1) is 0 Å². The quantitative estimate of drug-likeness (QED) is 0.502. The van der Waals surface area contributed by atoms with Crippen molar-refractivity contribution in [2.45, 2.75) is 52.0 Å². The first-order valence-electron chi connectivity index (χ1n) is 11.4. The van der Waals surface area contributed by atoms with Gasteiger partial charge in [0.25, 0.3) is 11.5 Å². The third-order valence-corrected chi connectivity index (χ3v) is 6.41. The number of H-pyrrole nitrogens is 1. The monoisotopic (exact) mass is 432 g/mol. The van der Waals surface area contributed by atoms with Gasteiger partial charge in [0.05, 0.1) is 17.2 Å². The summed E-state index contributed by atoms with van der Waals surface area (Å²) in [6, 6.07) is 15.7. The molecule has 1 aliphatic rings. The highest BCUT2D eigenvalue weighted by atomic mass is 19.1. The Labute approximate surface area is 187 Å². The van der Waals surface area contributed by atoms with Gasteiger partial charge >= 0.3 is 0 Å². The van der Waals surface area contributed by atoms with E-state index in [2.05, 4.69) is 10.3 Å². The van der Waals surface area contributed by atoms with Gasteiger partial charge in [-0.05, 0) is 60.9 Å². The van der Waals surface area contributed by atoms with Gasteiger partial charge in [-0.25, -0.2) is 4.39 Å². The van der Waals surface area contributed by atoms with Crippen LogP contribution >= 0.6 is 0 Å². The second-order valence-electron chi connectivity index (χ2n) is 8.62. The number of aromatic amines is 1. The Morgan fingerprint density at radius 1 is 1.16 bits per heavy atom. The minimum atomic E-state index is -0.306. The van der Waals surface area contributed by atoms with Gasteiger partial charge in [0.2, 0.25) is 0 Å². The summed E-state index contributed by atoms with van der Waals surface area (Å²) in [5.74, 6) is -0.244. The minimum absolute atomic E-state index is 0.186. The normalized spacial score (nSPS) is 14.6.